The van der Waals surface area contributed by atoms with Gasteiger partial charge in [0.15, 0.2) is 0 Å². The highest BCUT2D eigenvalue weighted by atomic mass is 16.6. The number of hydrogen-bond donors (Lipinski definition) is 4. The molecule has 1 aliphatic heterocycles. The Morgan fingerprint density at radius 1 is 1.40 bits per heavy atom. The van der Waals surface area contributed by atoms with E-state index in [4.69, 9.17) is 11.2 Å². The van der Waals surface area contributed by atoms with E-state index in [0.717, 1.165) is 4.57 Å². The number of pyridine rings is 1. The summed E-state index contributed by atoms with van der Waals surface area (Å²) >= 11 is 0. The molecule has 2 heterocycles. The van der Waals surface area contributed by atoms with Crippen molar-refractivity contribution in [1.29, 1.82) is 0 Å². The van der Waals surface area contributed by atoms with E-state index in [2.05, 4.69) is 27.4 Å². The Morgan fingerprint density at radius 3 is 2.73 bits per heavy atom. The van der Waals surface area contributed by atoms with E-state index < -0.39 is 29.2 Å². The maximum Gasteiger partial charge on any atom is 0.412 e. The number of nitrogens with one attached hydrogen (secondary N) is 4. The van der Waals surface area contributed by atoms with Gasteiger partial charge in [0.2, 0.25) is 5.91 Å². The first kappa shape index (κ1) is 23.0. The number of rotatable bonds is 7. The summed E-state index contributed by atoms with van der Waals surface area (Å²) in [7, 11) is 0. The van der Waals surface area contributed by atoms with Crippen LogP contribution in [0.4, 0.5) is 10.5 Å². The second-order valence-electron chi connectivity index (χ2n) is 7.83. The molecule has 2 rings (SSSR count). The minimum atomic E-state index is -1.01. The van der Waals surface area contributed by atoms with Crippen molar-refractivity contribution >= 4 is 23.6 Å². The summed E-state index contributed by atoms with van der Waals surface area (Å²) in [4.78, 5) is 49.0. The fourth-order valence-corrected chi connectivity index (χ4v) is 2.88. The van der Waals surface area contributed by atoms with Crippen LogP contribution in [-0.4, -0.2) is 41.2 Å². The van der Waals surface area contributed by atoms with Crippen molar-refractivity contribution in [1.82, 2.24) is 20.7 Å². The molecule has 0 saturated carbocycles. The Bertz CT molecular complexity index is 896. The van der Waals surface area contributed by atoms with Gasteiger partial charge in [-0.3, -0.25) is 25.1 Å². The van der Waals surface area contributed by atoms with E-state index in [0.29, 0.717) is 13.0 Å². The van der Waals surface area contributed by atoms with Crippen molar-refractivity contribution in [2.75, 3.05) is 18.4 Å². The first-order valence-electron chi connectivity index (χ1n) is 9.57. The van der Waals surface area contributed by atoms with Crippen LogP contribution >= 0.6 is 0 Å². The van der Waals surface area contributed by atoms with E-state index in [1.165, 1.54) is 18.3 Å². The summed E-state index contributed by atoms with van der Waals surface area (Å²) in [5.41, 5.74) is 3.84. The minimum Gasteiger partial charge on any atom is -0.444 e. The number of ether oxygens (including phenoxy) is 1. The lowest BCUT2D eigenvalue weighted by molar-refractivity contribution is -0.126. The van der Waals surface area contributed by atoms with Gasteiger partial charge in [-0.15, -0.1) is 12.3 Å². The summed E-state index contributed by atoms with van der Waals surface area (Å²) in [5, 5.41) is 5.10. The third-order valence-electron chi connectivity index (χ3n) is 4.28. The second kappa shape index (κ2) is 9.93. The molecule has 2 atom stereocenters. The van der Waals surface area contributed by atoms with Gasteiger partial charge in [-0.2, -0.15) is 0 Å². The Balaban J connectivity index is 2.09. The Kier molecular flexibility index (Phi) is 7.60. The van der Waals surface area contributed by atoms with Gasteiger partial charge in [0.05, 0.1) is 5.92 Å². The van der Waals surface area contributed by atoms with Crippen molar-refractivity contribution in [3.8, 4) is 12.3 Å². The highest BCUT2D eigenvalue weighted by Crippen LogP contribution is 2.13. The topological polar surface area (TPSA) is 131 Å². The number of amides is 3. The van der Waals surface area contributed by atoms with Crippen LogP contribution in [0.2, 0.25) is 0 Å². The Labute approximate surface area is 174 Å². The van der Waals surface area contributed by atoms with Gasteiger partial charge in [-0.25, -0.2) is 10.2 Å². The number of hydrogen-bond acceptors (Lipinski definition) is 6. The number of terminal acetylenes is 1. The number of nitrogens with zero attached hydrogens (tertiary/aromatic N) is 1. The fourth-order valence-electron chi connectivity index (χ4n) is 2.88. The molecular formula is C20H27N5O5. The first-order valence-corrected chi connectivity index (χ1v) is 9.57. The highest BCUT2D eigenvalue weighted by Gasteiger charge is 2.26. The predicted octanol–water partition coefficient (Wildman–Crippen LogP) is 0.517. The molecule has 0 aliphatic carbocycles. The zero-order valence-electron chi connectivity index (χ0n) is 17.3. The summed E-state index contributed by atoms with van der Waals surface area (Å²) in [6, 6.07) is 1.92. The van der Waals surface area contributed by atoms with Crippen LogP contribution in [0.3, 0.4) is 0 Å². The molecule has 3 amide bonds. The molecule has 0 bridgehead atoms. The molecule has 1 saturated heterocycles. The monoisotopic (exact) mass is 417 g/mol. The molecule has 1 fully saturated rings. The molecule has 1 aromatic rings. The smallest absolute Gasteiger partial charge is 0.412 e. The predicted molar refractivity (Wildman–Crippen MR) is 110 cm³/mol. The van der Waals surface area contributed by atoms with Crippen LogP contribution in [0.1, 0.15) is 39.7 Å². The third kappa shape index (κ3) is 6.35. The van der Waals surface area contributed by atoms with Crippen molar-refractivity contribution in [2.45, 2.75) is 45.3 Å². The first-order chi connectivity index (χ1) is 14.1. The van der Waals surface area contributed by atoms with Crippen molar-refractivity contribution < 1.29 is 19.1 Å². The van der Waals surface area contributed by atoms with E-state index in [9.17, 15) is 19.2 Å². The zero-order chi connectivity index (χ0) is 22.3. The second-order valence-corrected chi connectivity index (χ2v) is 7.83. The maximum absolute atomic E-state index is 12.8. The molecule has 162 valence electrons. The average molecular weight is 417 g/mol. The van der Waals surface area contributed by atoms with Crippen LogP contribution < -0.4 is 27.0 Å². The number of hydrazine groups is 1. The van der Waals surface area contributed by atoms with Gasteiger partial charge < -0.3 is 14.6 Å². The van der Waals surface area contributed by atoms with E-state index in [-0.39, 0.29) is 30.5 Å². The third-order valence-corrected chi connectivity index (χ3v) is 4.28. The lowest BCUT2D eigenvalue weighted by Crippen LogP contribution is -2.46. The largest absolute Gasteiger partial charge is 0.444 e. The number of carbonyl (C=O) groups excluding carboxylic acids is 3. The van der Waals surface area contributed by atoms with Gasteiger partial charge in [0.25, 0.3) is 11.5 Å². The van der Waals surface area contributed by atoms with E-state index >= 15 is 0 Å². The lowest BCUT2D eigenvalue weighted by atomic mass is 10.1. The molecule has 0 spiro atoms. The molecule has 0 radical (unpaired) electrons. The van der Waals surface area contributed by atoms with Crippen LogP contribution in [0.15, 0.2) is 23.1 Å². The zero-order valence-corrected chi connectivity index (χ0v) is 17.3. The van der Waals surface area contributed by atoms with Crippen LogP contribution in [0.25, 0.3) is 0 Å². The number of carbonyl (C=O) groups is 3. The molecule has 1 aromatic heterocycles. The standard InChI is InChI=1S/C20H27N5O5/c1-5-7-15(17(27)24-22-12-13-9-10-21-16(13)26)25-11-6-8-14(18(25)28)23-19(29)30-20(2,3)4/h1,6,8,11,13,15,22H,7,9-10,12H2,2-4H3,(H,21,26)(H,23,29)(H,24,27)/t13-,15-/m0/s1. The molecule has 10 heteroatoms. The highest BCUT2D eigenvalue weighted by molar-refractivity contribution is 5.85. The average Bonchev–Trinajstić information content (AvgIpc) is 3.05. The van der Waals surface area contributed by atoms with Gasteiger partial charge >= 0.3 is 6.09 Å². The minimum absolute atomic E-state index is 0.0443. The van der Waals surface area contributed by atoms with Crippen molar-refractivity contribution in [2.24, 2.45) is 5.92 Å². The maximum atomic E-state index is 12.8. The fraction of sp³-hybridized carbons (Fsp3) is 0.500. The molecular weight excluding hydrogens is 390 g/mol. The number of aromatic nitrogens is 1. The summed E-state index contributed by atoms with van der Waals surface area (Å²) in [5.74, 6) is 1.53. The van der Waals surface area contributed by atoms with E-state index in [1.54, 1.807) is 20.8 Å². The van der Waals surface area contributed by atoms with Gasteiger partial charge in [-0.1, -0.05) is 0 Å². The van der Waals surface area contributed by atoms with Gasteiger partial charge in [-0.05, 0) is 39.3 Å². The molecule has 1 aliphatic rings. The summed E-state index contributed by atoms with van der Waals surface area (Å²) < 4.78 is 6.29. The van der Waals surface area contributed by atoms with E-state index in [1.807, 2.05) is 0 Å². The molecule has 0 aromatic carbocycles. The quantitative estimate of drug-likeness (QED) is 0.378. The molecule has 4 N–H and O–H groups in total. The summed E-state index contributed by atoms with van der Waals surface area (Å²) in [6.07, 6.45) is 6.63. The molecule has 10 nitrogen and oxygen atoms in total. The van der Waals surface area contributed by atoms with Gasteiger partial charge in [0.1, 0.15) is 17.3 Å². The van der Waals surface area contributed by atoms with Crippen LogP contribution in [0, 0.1) is 18.3 Å². The normalized spacial score (nSPS) is 16.9. The van der Waals surface area contributed by atoms with Crippen molar-refractivity contribution in [3.63, 3.8) is 0 Å². The Hall–Kier alpha value is -3.32. The number of anilines is 1. The van der Waals surface area contributed by atoms with Crippen LogP contribution in [-0.2, 0) is 14.3 Å². The summed E-state index contributed by atoms with van der Waals surface area (Å²) in [6.45, 7) is 5.96. The van der Waals surface area contributed by atoms with Crippen molar-refractivity contribution in [3.05, 3.63) is 28.7 Å². The lowest BCUT2D eigenvalue weighted by Gasteiger charge is -2.21. The SMILES string of the molecule is C#CC[C@@H](C(=O)NNC[C@@H]1CCNC1=O)n1cccc(NC(=O)OC(C)(C)C)c1=O. The molecule has 30 heavy (non-hydrogen) atoms. The van der Waals surface area contributed by atoms with Gasteiger partial charge in [0, 0.05) is 25.7 Å². The Morgan fingerprint density at radius 2 is 2.13 bits per heavy atom. The van der Waals surface area contributed by atoms with Crippen LogP contribution in [0.5, 0.6) is 0 Å². The molecule has 0 unspecified atom stereocenters.